The summed E-state index contributed by atoms with van der Waals surface area (Å²) in [5.74, 6) is 2.58. The molecule has 2 aromatic carbocycles. The summed E-state index contributed by atoms with van der Waals surface area (Å²) in [6.07, 6.45) is 6.63. The van der Waals surface area contributed by atoms with Crippen LogP contribution in [0.2, 0.25) is 0 Å². The lowest BCUT2D eigenvalue weighted by Crippen LogP contribution is -2.19. The summed E-state index contributed by atoms with van der Waals surface area (Å²) in [6.45, 7) is 0.241. The van der Waals surface area contributed by atoms with E-state index in [1.807, 2.05) is 18.2 Å². The van der Waals surface area contributed by atoms with Gasteiger partial charge < -0.3 is 13.7 Å². The van der Waals surface area contributed by atoms with E-state index >= 15 is 0 Å². The van der Waals surface area contributed by atoms with Crippen LogP contribution in [0.25, 0.3) is 21.2 Å². The van der Waals surface area contributed by atoms with Crippen molar-refractivity contribution in [3.05, 3.63) is 69.3 Å². The number of thiazole rings is 1. The first-order valence-electron chi connectivity index (χ1n) is 8.33. The fourth-order valence-corrected chi connectivity index (χ4v) is 3.94. The number of rotatable bonds is 3. The Balaban J connectivity index is 1.89. The Morgan fingerprint density at radius 3 is 2.93 bits per heavy atom. The van der Waals surface area contributed by atoms with Crippen LogP contribution in [0.3, 0.4) is 0 Å². The molecule has 0 atom stereocenters. The molecule has 0 N–H and O–H groups in total. The summed E-state index contributed by atoms with van der Waals surface area (Å²) in [5, 5.41) is 0.334. The van der Waals surface area contributed by atoms with Gasteiger partial charge in [-0.2, -0.15) is 4.99 Å². The third-order valence-corrected chi connectivity index (χ3v) is 5.29. The van der Waals surface area contributed by atoms with Crippen LogP contribution >= 0.6 is 11.3 Å². The highest BCUT2D eigenvalue weighted by Crippen LogP contribution is 2.23. The number of para-hydroxylation sites is 1. The number of benzene rings is 2. The normalized spacial score (nSPS) is 11.6. The molecule has 0 aliphatic heterocycles. The van der Waals surface area contributed by atoms with Gasteiger partial charge in [-0.1, -0.05) is 29.4 Å². The zero-order valence-corrected chi connectivity index (χ0v) is 15.7. The predicted octanol–water partition coefficient (Wildman–Crippen LogP) is 3.19. The van der Waals surface area contributed by atoms with Crippen LogP contribution in [0, 0.1) is 12.3 Å². The Morgan fingerprint density at radius 1 is 1.32 bits per heavy atom. The molecular formula is C21H14N2O4S. The van der Waals surface area contributed by atoms with Crippen molar-refractivity contribution in [2.75, 3.05) is 7.11 Å². The van der Waals surface area contributed by atoms with Crippen LogP contribution in [0.1, 0.15) is 10.4 Å². The number of methoxy groups -OCH3 is 1. The number of terminal acetylenes is 1. The maximum absolute atomic E-state index is 12.7. The third-order valence-electron chi connectivity index (χ3n) is 4.25. The van der Waals surface area contributed by atoms with Gasteiger partial charge in [-0.25, -0.2) is 0 Å². The maximum atomic E-state index is 12.7. The van der Waals surface area contributed by atoms with Gasteiger partial charge in [0.05, 0.1) is 29.3 Å². The molecule has 0 aliphatic carbocycles. The zero-order chi connectivity index (χ0) is 19.7. The van der Waals surface area contributed by atoms with Crippen molar-refractivity contribution in [3.8, 4) is 18.1 Å². The van der Waals surface area contributed by atoms with Gasteiger partial charge in [-0.15, -0.1) is 6.42 Å². The minimum absolute atomic E-state index is 0.124. The second kappa shape index (κ2) is 7.18. The van der Waals surface area contributed by atoms with Crippen LogP contribution in [-0.2, 0) is 6.54 Å². The second-order valence-corrected chi connectivity index (χ2v) is 6.91. The lowest BCUT2D eigenvalue weighted by Gasteiger charge is -2.02. The molecule has 0 spiro atoms. The molecule has 2 heterocycles. The third kappa shape index (κ3) is 3.00. The van der Waals surface area contributed by atoms with Crippen molar-refractivity contribution in [1.82, 2.24) is 4.57 Å². The van der Waals surface area contributed by atoms with E-state index in [1.54, 1.807) is 35.9 Å². The molecule has 2 aromatic heterocycles. The van der Waals surface area contributed by atoms with E-state index in [-0.39, 0.29) is 12.1 Å². The number of amides is 1. The first-order chi connectivity index (χ1) is 13.6. The molecular weight excluding hydrogens is 376 g/mol. The molecule has 0 saturated heterocycles. The van der Waals surface area contributed by atoms with E-state index in [4.69, 9.17) is 15.6 Å². The summed E-state index contributed by atoms with van der Waals surface area (Å²) in [7, 11) is 1.58. The quantitative estimate of drug-likeness (QED) is 0.504. The molecule has 1 amide bonds. The van der Waals surface area contributed by atoms with Crippen LogP contribution in [0.5, 0.6) is 5.75 Å². The van der Waals surface area contributed by atoms with Gasteiger partial charge in [0.2, 0.25) is 5.43 Å². The average molecular weight is 390 g/mol. The molecule has 6 nitrogen and oxygen atoms in total. The summed E-state index contributed by atoms with van der Waals surface area (Å²) in [5.41, 5.74) is 0.712. The fraction of sp³-hybridized carbons (Fsp3) is 0.0952. The summed E-state index contributed by atoms with van der Waals surface area (Å²) in [4.78, 5) is 29.9. The largest absolute Gasteiger partial charge is 0.497 e. The number of fused-ring (bicyclic) bond motifs is 2. The van der Waals surface area contributed by atoms with Crippen LogP contribution < -0.4 is 15.0 Å². The number of nitrogens with zero attached hydrogens (tertiary/aromatic N) is 2. The number of carbonyl (C=O) groups is 1. The molecule has 4 rings (SSSR count). The Kier molecular flexibility index (Phi) is 4.55. The zero-order valence-electron chi connectivity index (χ0n) is 14.8. The summed E-state index contributed by atoms with van der Waals surface area (Å²) < 4.78 is 13.3. The standard InChI is InChI=1S/C21H14N2O4S/c1-3-10-23-16-9-8-13(26-2)11-18(16)28-21(23)22-20(25)15-12-27-17-7-5-4-6-14(17)19(15)24/h1,4-9,11-12H,10H2,2H3. The highest BCUT2D eigenvalue weighted by Gasteiger charge is 2.15. The number of aromatic nitrogens is 1. The molecule has 28 heavy (non-hydrogen) atoms. The molecule has 0 fully saturated rings. The molecule has 7 heteroatoms. The fourth-order valence-electron chi connectivity index (χ4n) is 2.88. The first kappa shape index (κ1) is 17.8. The lowest BCUT2D eigenvalue weighted by molar-refractivity contribution is 0.0995. The predicted molar refractivity (Wildman–Crippen MR) is 108 cm³/mol. The van der Waals surface area contributed by atoms with Crippen LogP contribution in [0.15, 0.2) is 62.9 Å². The SMILES string of the molecule is C#CCn1c(=NC(=O)c2coc3ccccc3c2=O)sc2cc(OC)ccc21. The van der Waals surface area contributed by atoms with E-state index < -0.39 is 11.3 Å². The average Bonchev–Trinajstić information content (AvgIpc) is 3.04. The Morgan fingerprint density at radius 2 is 2.14 bits per heavy atom. The van der Waals surface area contributed by atoms with Gasteiger partial charge in [0.25, 0.3) is 5.91 Å². The van der Waals surface area contributed by atoms with Gasteiger partial charge in [-0.05, 0) is 30.3 Å². The van der Waals surface area contributed by atoms with Crippen molar-refractivity contribution < 1.29 is 13.9 Å². The van der Waals surface area contributed by atoms with E-state index in [0.29, 0.717) is 21.5 Å². The van der Waals surface area contributed by atoms with E-state index in [0.717, 1.165) is 16.5 Å². The highest BCUT2D eigenvalue weighted by molar-refractivity contribution is 7.16. The van der Waals surface area contributed by atoms with E-state index in [1.165, 1.54) is 11.3 Å². The molecule has 0 radical (unpaired) electrons. The van der Waals surface area contributed by atoms with Crippen molar-refractivity contribution >= 4 is 38.4 Å². The molecule has 138 valence electrons. The number of carbonyl (C=O) groups excluding carboxylic acids is 1. The molecule has 0 unspecified atom stereocenters. The number of ether oxygens (including phenoxy) is 1. The minimum atomic E-state index is -0.677. The Bertz CT molecular complexity index is 1390. The topological polar surface area (TPSA) is 73.8 Å². The van der Waals surface area contributed by atoms with Crippen molar-refractivity contribution in [1.29, 1.82) is 0 Å². The number of hydrogen-bond acceptors (Lipinski definition) is 5. The van der Waals surface area contributed by atoms with Crippen LogP contribution in [0.4, 0.5) is 0 Å². The minimum Gasteiger partial charge on any atom is -0.497 e. The second-order valence-electron chi connectivity index (χ2n) is 5.90. The van der Waals surface area contributed by atoms with E-state index in [9.17, 15) is 9.59 Å². The van der Waals surface area contributed by atoms with Crippen LogP contribution in [-0.4, -0.2) is 17.6 Å². The maximum Gasteiger partial charge on any atom is 0.286 e. The Hall–Kier alpha value is -3.63. The highest BCUT2D eigenvalue weighted by atomic mass is 32.1. The van der Waals surface area contributed by atoms with Gasteiger partial charge >= 0.3 is 0 Å². The van der Waals surface area contributed by atoms with E-state index in [2.05, 4.69) is 10.9 Å². The Labute approximate surface area is 163 Å². The summed E-state index contributed by atoms with van der Waals surface area (Å²) >= 11 is 1.29. The first-order valence-corrected chi connectivity index (χ1v) is 9.14. The summed E-state index contributed by atoms with van der Waals surface area (Å²) in [6, 6.07) is 12.3. The van der Waals surface area contributed by atoms with Crippen molar-refractivity contribution in [2.45, 2.75) is 6.54 Å². The molecule has 0 aliphatic rings. The monoisotopic (exact) mass is 390 g/mol. The molecule has 0 saturated carbocycles. The van der Waals surface area contributed by atoms with Gasteiger partial charge in [0.15, 0.2) is 4.80 Å². The van der Waals surface area contributed by atoms with Crippen molar-refractivity contribution in [2.24, 2.45) is 4.99 Å². The van der Waals surface area contributed by atoms with Gasteiger partial charge in [-0.3, -0.25) is 9.59 Å². The van der Waals surface area contributed by atoms with Gasteiger partial charge in [0.1, 0.15) is 23.2 Å². The number of hydrogen-bond donors (Lipinski definition) is 0. The smallest absolute Gasteiger partial charge is 0.286 e. The lowest BCUT2D eigenvalue weighted by atomic mass is 10.2. The van der Waals surface area contributed by atoms with Crippen molar-refractivity contribution in [3.63, 3.8) is 0 Å². The molecule has 0 bridgehead atoms. The van der Waals surface area contributed by atoms with Gasteiger partial charge in [0, 0.05) is 0 Å². The molecule has 4 aromatic rings.